The van der Waals surface area contributed by atoms with Gasteiger partial charge >= 0.3 is 0 Å². The van der Waals surface area contributed by atoms with E-state index in [1.807, 2.05) is 14.0 Å². The summed E-state index contributed by atoms with van der Waals surface area (Å²) in [5, 5.41) is 13.5. The number of alkyl halides is 1. The number of fused-ring (bicyclic) bond motifs is 1. The third-order valence-corrected chi connectivity index (χ3v) is 7.22. The van der Waals surface area contributed by atoms with Crippen LogP contribution >= 0.6 is 0 Å². The molecule has 3 aliphatic heterocycles. The van der Waals surface area contributed by atoms with Crippen LogP contribution in [0.5, 0.6) is 0 Å². The van der Waals surface area contributed by atoms with Gasteiger partial charge in [0.05, 0.1) is 12.3 Å². The minimum atomic E-state index is -0.942. The Hall–Kier alpha value is -0.570. The van der Waals surface area contributed by atoms with E-state index in [1.165, 1.54) is 25.8 Å². The van der Waals surface area contributed by atoms with Gasteiger partial charge in [0.1, 0.15) is 12.5 Å². The highest BCUT2D eigenvalue weighted by atomic mass is 19.1. The van der Waals surface area contributed by atoms with Crippen LogP contribution in [0.3, 0.4) is 0 Å². The number of nitrogens with zero attached hydrogens (tertiary/aromatic N) is 1. The summed E-state index contributed by atoms with van der Waals surface area (Å²) in [5.41, 5.74) is 1.60. The monoisotopic (exact) mass is 395 g/mol. The van der Waals surface area contributed by atoms with Crippen molar-refractivity contribution in [3.05, 3.63) is 11.6 Å². The van der Waals surface area contributed by atoms with Gasteiger partial charge in [-0.15, -0.1) is 0 Å². The molecule has 6 nitrogen and oxygen atoms in total. The van der Waals surface area contributed by atoms with Crippen LogP contribution in [-0.2, 0) is 4.74 Å². The Morgan fingerprint density at radius 1 is 1.29 bits per heavy atom. The summed E-state index contributed by atoms with van der Waals surface area (Å²) in [6.45, 7) is 5.04. The number of rotatable bonds is 4. The van der Waals surface area contributed by atoms with Gasteiger partial charge in [-0.25, -0.2) is 4.39 Å². The average Bonchev–Trinajstić information content (AvgIpc) is 3.04. The Labute approximate surface area is 169 Å². The molecule has 0 spiro atoms. The van der Waals surface area contributed by atoms with E-state index in [1.54, 1.807) is 5.57 Å². The highest BCUT2D eigenvalue weighted by molar-refractivity contribution is 5.15. The van der Waals surface area contributed by atoms with Crippen LogP contribution in [-0.4, -0.2) is 75.5 Å². The summed E-state index contributed by atoms with van der Waals surface area (Å²) in [4.78, 5) is 2.40. The molecule has 4 rings (SSSR count). The lowest BCUT2D eigenvalue weighted by Gasteiger charge is -2.44. The molecule has 4 aliphatic rings. The van der Waals surface area contributed by atoms with E-state index in [9.17, 15) is 4.39 Å². The number of ether oxygens (including phenoxy) is 1. The zero-order valence-electron chi connectivity index (χ0n) is 17.6. The lowest BCUT2D eigenvalue weighted by atomic mass is 9.72. The molecule has 8 unspecified atom stereocenters. The van der Waals surface area contributed by atoms with Gasteiger partial charge in [-0.3, -0.25) is 16.0 Å². The topological polar surface area (TPSA) is 60.6 Å². The summed E-state index contributed by atoms with van der Waals surface area (Å²) < 4.78 is 20.5. The maximum atomic E-state index is 14.3. The van der Waals surface area contributed by atoms with Gasteiger partial charge in [0.2, 0.25) is 0 Å². The molecule has 0 bridgehead atoms. The predicted molar refractivity (Wildman–Crippen MR) is 110 cm³/mol. The van der Waals surface area contributed by atoms with E-state index in [2.05, 4.69) is 39.3 Å². The highest BCUT2D eigenvalue weighted by Crippen LogP contribution is 2.42. The molecule has 1 saturated carbocycles. The molecule has 2 saturated heterocycles. The van der Waals surface area contributed by atoms with Gasteiger partial charge < -0.3 is 15.0 Å². The molecule has 160 valence electrons. The van der Waals surface area contributed by atoms with Crippen LogP contribution in [0.4, 0.5) is 4.39 Å². The van der Waals surface area contributed by atoms with Crippen molar-refractivity contribution in [3.8, 4) is 0 Å². The molecule has 3 heterocycles. The Kier molecular flexibility index (Phi) is 6.70. The van der Waals surface area contributed by atoms with Crippen LogP contribution in [0.1, 0.15) is 39.0 Å². The van der Waals surface area contributed by atoms with Crippen molar-refractivity contribution in [3.63, 3.8) is 0 Å². The van der Waals surface area contributed by atoms with E-state index in [0.29, 0.717) is 24.0 Å². The fourth-order valence-corrected chi connectivity index (χ4v) is 5.65. The van der Waals surface area contributed by atoms with E-state index < -0.39 is 6.17 Å². The first-order valence-electron chi connectivity index (χ1n) is 11.1. The van der Waals surface area contributed by atoms with Crippen LogP contribution < -0.4 is 21.3 Å². The first-order chi connectivity index (χ1) is 13.5. The minimum Gasteiger partial charge on any atom is -0.377 e. The Balaban J connectivity index is 1.44. The Bertz CT molecular complexity index is 561. The van der Waals surface area contributed by atoms with Crippen LogP contribution in [0.25, 0.3) is 0 Å². The summed E-state index contributed by atoms with van der Waals surface area (Å²) in [5.74, 6) is 1.15. The largest absolute Gasteiger partial charge is 0.377 e. The van der Waals surface area contributed by atoms with Gasteiger partial charge in [-0.05, 0) is 65.6 Å². The van der Waals surface area contributed by atoms with Crippen molar-refractivity contribution in [1.29, 1.82) is 0 Å². The molecule has 0 amide bonds. The van der Waals surface area contributed by atoms with Crippen LogP contribution in [0.15, 0.2) is 11.6 Å². The van der Waals surface area contributed by atoms with Crippen molar-refractivity contribution >= 4 is 0 Å². The van der Waals surface area contributed by atoms with Gasteiger partial charge in [-0.2, -0.15) is 0 Å². The first-order valence-corrected chi connectivity index (χ1v) is 11.1. The fraction of sp³-hybridized carbons (Fsp3) is 0.905. The maximum absolute atomic E-state index is 14.3. The van der Waals surface area contributed by atoms with E-state index >= 15 is 0 Å². The number of likely N-dealkylation sites (N-methyl/N-ethyl adjacent to an activating group) is 1. The van der Waals surface area contributed by atoms with Crippen molar-refractivity contribution < 1.29 is 9.13 Å². The average molecular weight is 396 g/mol. The second kappa shape index (κ2) is 9.06. The van der Waals surface area contributed by atoms with Crippen molar-refractivity contribution in [2.45, 2.75) is 75.8 Å². The molecule has 8 atom stereocenters. The van der Waals surface area contributed by atoms with Crippen molar-refractivity contribution in [1.82, 2.24) is 26.2 Å². The third-order valence-electron chi connectivity index (χ3n) is 7.22. The van der Waals surface area contributed by atoms with Crippen molar-refractivity contribution in [2.75, 3.05) is 33.8 Å². The van der Waals surface area contributed by atoms with Crippen LogP contribution in [0.2, 0.25) is 0 Å². The van der Waals surface area contributed by atoms with Crippen LogP contribution in [0, 0.1) is 11.8 Å². The van der Waals surface area contributed by atoms with Gasteiger partial charge in [0, 0.05) is 31.2 Å². The summed E-state index contributed by atoms with van der Waals surface area (Å²) in [6.07, 6.45) is 7.36. The second-order valence-electron chi connectivity index (χ2n) is 9.24. The van der Waals surface area contributed by atoms with E-state index in [-0.39, 0.29) is 18.5 Å². The highest BCUT2D eigenvalue weighted by Gasteiger charge is 2.44. The summed E-state index contributed by atoms with van der Waals surface area (Å²) in [6, 6.07) is 0.235. The molecule has 28 heavy (non-hydrogen) atoms. The number of halogens is 1. The molecule has 0 radical (unpaired) electrons. The molecule has 4 N–H and O–H groups in total. The molecule has 1 aliphatic carbocycles. The van der Waals surface area contributed by atoms with Gasteiger partial charge in [0.25, 0.3) is 0 Å². The molecular formula is C21H38FN5O. The first kappa shape index (κ1) is 20.7. The van der Waals surface area contributed by atoms with E-state index in [0.717, 1.165) is 26.0 Å². The number of hydrogen-bond acceptors (Lipinski definition) is 6. The van der Waals surface area contributed by atoms with Gasteiger partial charge in [0.15, 0.2) is 0 Å². The second-order valence-corrected chi connectivity index (χ2v) is 9.24. The summed E-state index contributed by atoms with van der Waals surface area (Å²) in [7, 11) is 4.02. The minimum absolute atomic E-state index is 0.0711. The summed E-state index contributed by atoms with van der Waals surface area (Å²) >= 11 is 0. The maximum Gasteiger partial charge on any atom is 0.143 e. The molecular weight excluding hydrogens is 357 g/mol. The molecule has 0 aromatic carbocycles. The molecule has 3 fully saturated rings. The fourth-order valence-electron chi connectivity index (χ4n) is 5.65. The lowest BCUT2D eigenvalue weighted by Crippen LogP contribution is -2.72. The molecule has 0 aromatic heterocycles. The number of nitrogens with one attached hydrogen (secondary N) is 4. The third kappa shape index (κ3) is 4.45. The Morgan fingerprint density at radius 2 is 2.14 bits per heavy atom. The van der Waals surface area contributed by atoms with Crippen molar-refractivity contribution in [2.24, 2.45) is 11.8 Å². The lowest BCUT2D eigenvalue weighted by molar-refractivity contribution is 0.0147. The molecule has 0 aromatic rings. The smallest absolute Gasteiger partial charge is 0.143 e. The quantitative estimate of drug-likeness (QED) is 0.536. The Morgan fingerprint density at radius 3 is 2.96 bits per heavy atom. The zero-order valence-corrected chi connectivity index (χ0v) is 17.6. The zero-order chi connectivity index (χ0) is 19.7. The number of hydrogen-bond donors (Lipinski definition) is 4. The normalized spacial score (nSPS) is 45.4. The SMILES string of the molecule is CNC1NC(NC2CC3CCOC3C(C3=CCN(C)CCC3)C2)NC(C)C1F. The predicted octanol–water partition coefficient (Wildman–Crippen LogP) is 1.16. The molecule has 7 heteroatoms. The standard InChI is InChI=1S/C21H38FN5O/c1-13-18(22)20(23-2)26-21(24-13)25-16-11-15-7-10-28-19(15)17(12-16)14-5-4-8-27(3)9-6-14/h6,13,15-21,23-26H,4-5,7-12H2,1-3H3. The van der Waals surface area contributed by atoms with E-state index in [4.69, 9.17) is 4.74 Å². The van der Waals surface area contributed by atoms with Gasteiger partial charge in [-0.1, -0.05) is 11.6 Å².